The minimum absolute atomic E-state index is 0.0761. The van der Waals surface area contributed by atoms with Crippen LogP contribution in [0.2, 0.25) is 0 Å². The summed E-state index contributed by atoms with van der Waals surface area (Å²) in [6, 6.07) is 14.5. The Hall–Kier alpha value is -4.78. The van der Waals surface area contributed by atoms with E-state index in [-0.39, 0.29) is 22.3 Å². The summed E-state index contributed by atoms with van der Waals surface area (Å²) in [5.41, 5.74) is 5.20. The molecule has 0 atom stereocenters. The van der Waals surface area contributed by atoms with Crippen LogP contribution in [-0.4, -0.2) is 9.78 Å². The van der Waals surface area contributed by atoms with Crippen molar-refractivity contribution in [2.45, 2.75) is 12.7 Å². The zero-order chi connectivity index (χ0) is 27.9. The van der Waals surface area contributed by atoms with Gasteiger partial charge in [0.05, 0.1) is 23.4 Å². The normalized spacial score (nSPS) is 11.5. The number of hydrogen-bond acceptors (Lipinski definition) is 2. The summed E-state index contributed by atoms with van der Waals surface area (Å²) in [7, 11) is 0. The molecule has 5 aromatic rings. The highest BCUT2D eigenvalue weighted by molar-refractivity contribution is 5.95. The third kappa shape index (κ3) is 5.16. The molecule has 4 aromatic carbocycles. The Morgan fingerprint density at radius 1 is 0.795 bits per heavy atom. The minimum atomic E-state index is -4.75. The number of hydrogen-bond donors (Lipinski definition) is 1. The molecule has 0 fully saturated rings. The zero-order valence-electron chi connectivity index (χ0n) is 19.8. The molecule has 0 saturated heterocycles. The van der Waals surface area contributed by atoms with Crippen molar-refractivity contribution in [3.63, 3.8) is 0 Å². The van der Waals surface area contributed by atoms with Crippen molar-refractivity contribution in [3.05, 3.63) is 118 Å². The van der Waals surface area contributed by atoms with Crippen molar-refractivity contribution in [2.75, 3.05) is 5.73 Å². The van der Waals surface area contributed by atoms with E-state index in [1.54, 1.807) is 24.3 Å². The Balaban J connectivity index is 1.69. The van der Waals surface area contributed by atoms with Crippen LogP contribution < -0.4 is 5.73 Å². The van der Waals surface area contributed by atoms with Crippen molar-refractivity contribution in [1.82, 2.24) is 9.78 Å². The van der Waals surface area contributed by atoms with Crippen LogP contribution in [0.5, 0.6) is 0 Å². The topological polar surface area (TPSA) is 43.8 Å². The van der Waals surface area contributed by atoms with E-state index in [0.717, 1.165) is 10.7 Å². The predicted molar refractivity (Wildman–Crippen MR) is 132 cm³/mol. The highest BCUT2D eigenvalue weighted by atomic mass is 19.4. The maximum absolute atomic E-state index is 14.5. The Morgan fingerprint density at radius 3 is 2.23 bits per heavy atom. The number of anilines is 1. The highest BCUT2D eigenvalue weighted by Crippen LogP contribution is 2.38. The van der Waals surface area contributed by atoms with Gasteiger partial charge in [0.1, 0.15) is 28.8 Å². The second-order valence-corrected chi connectivity index (χ2v) is 8.62. The summed E-state index contributed by atoms with van der Waals surface area (Å²) in [5, 5.41) is 4.15. The van der Waals surface area contributed by atoms with E-state index in [4.69, 9.17) is 5.73 Å². The Morgan fingerprint density at radius 2 is 1.51 bits per heavy atom. The van der Waals surface area contributed by atoms with E-state index in [1.807, 2.05) is 0 Å². The van der Waals surface area contributed by atoms with E-state index >= 15 is 0 Å². The second-order valence-electron chi connectivity index (χ2n) is 8.62. The van der Waals surface area contributed by atoms with Crippen molar-refractivity contribution < 1.29 is 30.7 Å². The van der Waals surface area contributed by atoms with Crippen molar-refractivity contribution in [2.24, 2.45) is 0 Å². The van der Waals surface area contributed by atoms with Crippen molar-refractivity contribution in [1.29, 1.82) is 0 Å². The molecule has 0 aliphatic carbocycles. The molecule has 0 bridgehead atoms. The van der Waals surface area contributed by atoms with Gasteiger partial charge in [-0.3, -0.25) is 4.68 Å². The van der Waals surface area contributed by atoms with Crippen molar-refractivity contribution in [3.8, 4) is 23.1 Å². The lowest BCUT2D eigenvalue weighted by atomic mass is 10.0. The van der Waals surface area contributed by atoms with Crippen LogP contribution in [0.3, 0.4) is 0 Å². The molecule has 196 valence electrons. The number of nitrogen functional groups attached to an aromatic ring is 1. The fourth-order valence-electron chi connectivity index (χ4n) is 4.19. The van der Waals surface area contributed by atoms with Gasteiger partial charge in [-0.1, -0.05) is 36.1 Å². The maximum atomic E-state index is 14.5. The first kappa shape index (κ1) is 25.9. The first-order valence-electron chi connectivity index (χ1n) is 11.4. The van der Waals surface area contributed by atoms with Crippen LogP contribution in [0.25, 0.3) is 22.2 Å². The summed E-state index contributed by atoms with van der Waals surface area (Å²) in [6.45, 7) is -0.616. The molecule has 2 N–H and O–H groups in total. The summed E-state index contributed by atoms with van der Waals surface area (Å²) < 4.78 is 98.4. The SMILES string of the molecule is Nc1ccc(F)cc1C#Cc1cccc(-c2c3cccc(C(F)(F)F)c3nn2Cc2c(F)cc(F)cc2F)c1. The number of nitrogens with zero attached hydrogens (tertiary/aromatic N) is 2. The molecule has 5 rings (SSSR count). The molecule has 0 amide bonds. The summed E-state index contributed by atoms with van der Waals surface area (Å²) in [6.07, 6.45) is -4.75. The van der Waals surface area contributed by atoms with Crippen LogP contribution in [0, 0.1) is 35.1 Å². The minimum Gasteiger partial charge on any atom is -0.398 e. The van der Waals surface area contributed by atoms with Gasteiger partial charge < -0.3 is 5.73 Å². The summed E-state index contributed by atoms with van der Waals surface area (Å²) >= 11 is 0. The predicted octanol–water partition coefficient (Wildman–Crippen LogP) is 7.31. The van der Waals surface area contributed by atoms with Gasteiger partial charge in [0.2, 0.25) is 0 Å². The first-order chi connectivity index (χ1) is 18.5. The largest absolute Gasteiger partial charge is 0.418 e. The Kier molecular flexibility index (Phi) is 6.52. The van der Waals surface area contributed by atoms with E-state index < -0.39 is 52.6 Å². The van der Waals surface area contributed by atoms with Crippen molar-refractivity contribution >= 4 is 16.6 Å². The standard InChI is InChI=1S/C29H16F7N3/c30-19-9-10-26(37)17(12-19)8-7-16-3-1-4-18(11-16)28-21-5-2-6-23(29(34,35)36)27(21)38-39(28)15-22-24(32)13-20(31)14-25(22)33/h1-6,9-14H,15,37H2. The van der Waals surface area contributed by atoms with Gasteiger partial charge in [0.25, 0.3) is 0 Å². The quantitative estimate of drug-likeness (QED) is 0.149. The van der Waals surface area contributed by atoms with Gasteiger partial charge in [-0.25, -0.2) is 17.6 Å². The van der Waals surface area contributed by atoms with Crippen LogP contribution in [0.1, 0.15) is 22.3 Å². The van der Waals surface area contributed by atoms with Gasteiger partial charge in [0, 0.05) is 39.9 Å². The molecule has 1 heterocycles. The summed E-state index contributed by atoms with van der Waals surface area (Å²) in [4.78, 5) is 0. The second kappa shape index (κ2) is 9.83. The Bertz CT molecular complexity index is 1770. The fourth-order valence-corrected chi connectivity index (χ4v) is 4.19. The fraction of sp³-hybridized carbons (Fsp3) is 0.0690. The molecule has 0 saturated carbocycles. The molecule has 1 aromatic heterocycles. The Labute approximate surface area is 217 Å². The number of halogens is 7. The van der Waals surface area contributed by atoms with Gasteiger partial charge in [-0.2, -0.15) is 18.3 Å². The number of benzene rings is 4. The van der Waals surface area contributed by atoms with Crippen LogP contribution in [-0.2, 0) is 12.7 Å². The number of aromatic nitrogens is 2. The van der Waals surface area contributed by atoms with E-state index in [1.165, 1.54) is 30.3 Å². The molecule has 10 heteroatoms. The molecular formula is C29H16F7N3. The zero-order valence-corrected chi connectivity index (χ0v) is 19.8. The van der Waals surface area contributed by atoms with Gasteiger partial charge in [-0.05, 0) is 36.4 Å². The lowest BCUT2D eigenvalue weighted by molar-refractivity contribution is -0.136. The molecule has 0 spiro atoms. The third-order valence-electron chi connectivity index (χ3n) is 5.98. The molecule has 3 nitrogen and oxygen atoms in total. The van der Waals surface area contributed by atoms with E-state index in [0.29, 0.717) is 23.3 Å². The first-order valence-corrected chi connectivity index (χ1v) is 11.4. The van der Waals surface area contributed by atoms with E-state index in [9.17, 15) is 30.7 Å². The van der Waals surface area contributed by atoms with Gasteiger partial charge in [0.15, 0.2) is 0 Å². The third-order valence-corrected chi connectivity index (χ3v) is 5.98. The van der Waals surface area contributed by atoms with Crippen LogP contribution >= 0.6 is 0 Å². The molecule has 0 aliphatic heterocycles. The molecule has 39 heavy (non-hydrogen) atoms. The average molecular weight is 539 g/mol. The lowest BCUT2D eigenvalue weighted by Gasteiger charge is -2.11. The van der Waals surface area contributed by atoms with Gasteiger partial charge >= 0.3 is 6.18 Å². The molecular weight excluding hydrogens is 523 g/mol. The van der Waals surface area contributed by atoms with Gasteiger partial charge in [-0.15, -0.1) is 0 Å². The number of rotatable bonds is 3. The smallest absolute Gasteiger partial charge is 0.398 e. The monoisotopic (exact) mass is 539 g/mol. The van der Waals surface area contributed by atoms with Crippen LogP contribution in [0.4, 0.5) is 36.4 Å². The molecule has 0 unspecified atom stereocenters. The van der Waals surface area contributed by atoms with Crippen LogP contribution in [0.15, 0.2) is 72.8 Å². The number of alkyl halides is 3. The average Bonchev–Trinajstić information content (AvgIpc) is 3.24. The number of fused-ring (bicyclic) bond motifs is 1. The van der Waals surface area contributed by atoms with E-state index in [2.05, 4.69) is 16.9 Å². The lowest BCUT2D eigenvalue weighted by Crippen LogP contribution is -2.09. The molecule has 0 aliphatic rings. The summed E-state index contributed by atoms with van der Waals surface area (Å²) in [5.74, 6) is 1.52. The number of nitrogens with two attached hydrogens (primary N) is 1. The highest BCUT2D eigenvalue weighted by Gasteiger charge is 2.34. The molecule has 0 radical (unpaired) electrons. The maximum Gasteiger partial charge on any atom is 0.418 e.